The molecule has 94 valence electrons. The van der Waals surface area contributed by atoms with Gasteiger partial charge in [-0.1, -0.05) is 0 Å². The first-order chi connectivity index (χ1) is 7.79. The summed E-state index contributed by atoms with van der Waals surface area (Å²) in [5.74, 6) is -2.07. The number of alkyl halides is 3. The van der Waals surface area contributed by atoms with Crippen molar-refractivity contribution in [2.45, 2.75) is 13.1 Å². The van der Waals surface area contributed by atoms with Crippen molar-refractivity contribution in [3.63, 3.8) is 0 Å². The molecule has 0 aliphatic heterocycles. The zero-order valence-electron chi connectivity index (χ0n) is 8.61. The Balaban J connectivity index is 3.54. The number of aromatic hydroxyl groups is 1. The van der Waals surface area contributed by atoms with Gasteiger partial charge in [-0.2, -0.15) is 13.2 Å². The molecule has 5 nitrogen and oxygen atoms in total. The first-order valence-corrected chi connectivity index (χ1v) is 4.49. The highest BCUT2D eigenvalue weighted by Crippen LogP contribution is 2.46. The first kappa shape index (κ1) is 13.1. The number of rotatable bonds is 3. The fourth-order valence-corrected chi connectivity index (χ4v) is 1.27. The van der Waals surface area contributed by atoms with Gasteiger partial charge < -0.3 is 9.84 Å². The number of hydrogen-bond donors (Lipinski definition) is 1. The lowest BCUT2D eigenvalue weighted by atomic mass is 10.1. The molecular weight excluding hydrogens is 243 g/mol. The van der Waals surface area contributed by atoms with Crippen molar-refractivity contribution in [1.29, 1.82) is 0 Å². The van der Waals surface area contributed by atoms with Gasteiger partial charge in [0.25, 0.3) is 0 Å². The Kier molecular flexibility index (Phi) is 3.45. The number of nitro benzene ring substituents is 1. The number of nitrogens with zero attached hydrogens (tertiary/aromatic N) is 1. The van der Waals surface area contributed by atoms with Crippen LogP contribution in [0.4, 0.5) is 18.9 Å². The summed E-state index contributed by atoms with van der Waals surface area (Å²) in [7, 11) is 0. The molecule has 0 saturated heterocycles. The van der Waals surface area contributed by atoms with Gasteiger partial charge >= 0.3 is 11.9 Å². The number of phenols is 1. The highest BCUT2D eigenvalue weighted by Gasteiger charge is 2.41. The van der Waals surface area contributed by atoms with Gasteiger partial charge in [-0.05, 0) is 13.0 Å². The van der Waals surface area contributed by atoms with E-state index < -0.39 is 33.8 Å². The molecule has 0 amide bonds. The van der Waals surface area contributed by atoms with Crippen LogP contribution in [0.2, 0.25) is 0 Å². The standard InChI is InChI=1S/C9H8F3NO4/c1-2-17-8-5(13(15)16)3-4-6(14)7(8)9(10,11)12/h3-4,14H,2H2,1H3. The first-order valence-electron chi connectivity index (χ1n) is 4.49. The van der Waals surface area contributed by atoms with Crippen LogP contribution in [0.1, 0.15) is 12.5 Å². The summed E-state index contributed by atoms with van der Waals surface area (Å²) in [5.41, 5.74) is -2.37. The van der Waals surface area contributed by atoms with Crippen LogP contribution in [-0.2, 0) is 6.18 Å². The number of halogens is 3. The van der Waals surface area contributed by atoms with Crippen LogP contribution in [-0.4, -0.2) is 16.6 Å². The topological polar surface area (TPSA) is 72.6 Å². The maximum atomic E-state index is 12.6. The molecule has 0 atom stereocenters. The predicted molar refractivity (Wildman–Crippen MR) is 50.9 cm³/mol. The van der Waals surface area contributed by atoms with Gasteiger partial charge in [0.1, 0.15) is 11.3 Å². The monoisotopic (exact) mass is 251 g/mol. The summed E-state index contributed by atoms with van der Waals surface area (Å²) in [6.45, 7) is 1.20. The summed E-state index contributed by atoms with van der Waals surface area (Å²) < 4.78 is 42.5. The van der Waals surface area contributed by atoms with Crippen LogP contribution in [0.5, 0.6) is 11.5 Å². The Labute approximate surface area is 93.6 Å². The average Bonchev–Trinajstić information content (AvgIpc) is 2.15. The molecule has 0 aliphatic rings. The summed E-state index contributed by atoms with van der Waals surface area (Å²) in [5, 5.41) is 19.7. The van der Waals surface area contributed by atoms with Crippen molar-refractivity contribution < 1.29 is 27.9 Å². The molecule has 0 fully saturated rings. The smallest absolute Gasteiger partial charge is 0.423 e. The van der Waals surface area contributed by atoms with Crippen LogP contribution in [0.25, 0.3) is 0 Å². The molecule has 0 spiro atoms. The van der Waals surface area contributed by atoms with E-state index in [1.54, 1.807) is 0 Å². The van der Waals surface area contributed by atoms with Gasteiger partial charge in [-0.25, -0.2) is 0 Å². The predicted octanol–water partition coefficient (Wildman–Crippen LogP) is 2.72. The summed E-state index contributed by atoms with van der Waals surface area (Å²) in [6.07, 6.45) is -4.93. The Morgan fingerprint density at radius 2 is 2.06 bits per heavy atom. The van der Waals surface area contributed by atoms with Crippen molar-refractivity contribution in [1.82, 2.24) is 0 Å². The zero-order valence-corrected chi connectivity index (χ0v) is 8.61. The molecule has 1 aromatic rings. The summed E-state index contributed by atoms with van der Waals surface area (Å²) >= 11 is 0. The Morgan fingerprint density at radius 3 is 2.47 bits per heavy atom. The van der Waals surface area contributed by atoms with Crippen molar-refractivity contribution in [2.75, 3.05) is 6.61 Å². The van der Waals surface area contributed by atoms with Crippen LogP contribution >= 0.6 is 0 Å². The van der Waals surface area contributed by atoms with E-state index in [-0.39, 0.29) is 6.61 Å². The molecule has 0 heterocycles. The number of ether oxygens (including phenoxy) is 1. The SMILES string of the molecule is CCOc1c([N+](=O)[O-])ccc(O)c1C(F)(F)F. The van der Waals surface area contributed by atoms with Crippen LogP contribution in [0.15, 0.2) is 12.1 Å². The Bertz CT molecular complexity index is 445. The Hall–Kier alpha value is -1.99. The fourth-order valence-electron chi connectivity index (χ4n) is 1.27. The van der Waals surface area contributed by atoms with Crippen LogP contribution in [0.3, 0.4) is 0 Å². The highest BCUT2D eigenvalue weighted by molar-refractivity contribution is 5.58. The molecule has 0 aliphatic carbocycles. The van der Waals surface area contributed by atoms with Gasteiger partial charge in [-0.15, -0.1) is 0 Å². The molecule has 0 aromatic heterocycles. The minimum Gasteiger partial charge on any atom is -0.507 e. The van der Waals surface area contributed by atoms with E-state index in [0.717, 1.165) is 6.07 Å². The molecule has 1 rings (SSSR count). The quantitative estimate of drug-likeness (QED) is 0.662. The largest absolute Gasteiger partial charge is 0.507 e. The van der Waals surface area contributed by atoms with Gasteiger partial charge in [0.15, 0.2) is 0 Å². The van der Waals surface area contributed by atoms with Crippen molar-refractivity contribution in [3.8, 4) is 11.5 Å². The van der Waals surface area contributed by atoms with Gasteiger partial charge in [0, 0.05) is 6.07 Å². The third-order valence-corrected chi connectivity index (χ3v) is 1.88. The molecule has 1 aromatic carbocycles. The molecule has 17 heavy (non-hydrogen) atoms. The van der Waals surface area contributed by atoms with Crippen LogP contribution in [0, 0.1) is 10.1 Å². The van der Waals surface area contributed by atoms with Crippen molar-refractivity contribution in [3.05, 3.63) is 27.8 Å². The van der Waals surface area contributed by atoms with Crippen molar-refractivity contribution in [2.24, 2.45) is 0 Å². The molecule has 1 N–H and O–H groups in total. The molecule has 0 radical (unpaired) electrons. The average molecular weight is 251 g/mol. The second-order valence-corrected chi connectivity index (χ2v) is 3.00. The van der Waals surface area contributed by atoms with Gasteiger partial charge in [0.2, 0.25) is 5.75 Å². The molecule has 0 saturated carbocycles. The molecular formula is C9H8F3NO4. The lowest BCUT2D eigenvalue weighted by Crippen LogP contribution is -2.10. The van der Waals surface area contributed by atoms with Crippen molar-refractivity contribution >= 4 is 5.69 Å². The lowest BCUT2D eigenvalue weighted by molar-refractivity contribution is -0.386. The third kappa shape index (κ3) is 2.58. The minimum absolute atomic E-state index is 0.187. The van der Waals surface area contributed by atoms with E-state index >= 15 is 0 Å². The third-order valence-electron chi connectivity index (χ3n) is 1.88. The molecule has 0 bridgehead atoms. The van der Waals surface area contributed by atoms with E-state index in [9.17, 15) is 23.3 Å². The van der Waals surface area contributed by atoms with E-state index in [4.69, 9.17) is 5.11 Å². The zero-order chi connectivity index (χ0) is 13.2. The normalized spacial score (nSPS) is 11.3. The van der Waals surface area contributed by atoms with E-state index in [0.29, 0.717) is 6.07 Å². The minimum atomic E-state index is -4.93. The molecule has 8 heteroatoms. The van der Waals surface area contributed by atoms with E-state index in [2.05, 4.69) is 4.74 Å². The summed E-state index contributed by atoms with van der Waals surface area (Å²) in [6, 6.07) is 1.37. The van der Waals surface area contributed by atoms with E-state index in [1.807, 2.05) is 0 Å². The summed E-state index contributed by atoms with van der Waals surface area (Å²) in [4.78, 5) is 9.56. The number of hydrogen-bond acceptors (Lipinski definition) is 4. The number of benzene rings is 1. The Morgan fingerprint density at radius 1 is 1.47 bits per heavy atom. The second kappa shape index (κ2) is 4.48. The number of phenolic OH excluding ortho intramolecular Hbond substituents is 1. The fraction of sp³-hybridized carbons (Fsp3) is 0.333. The molecule has 0 unspecified atom stereocenters. The van der Waals surface area contributed by atoms with Gasteiger partial charge in [-0.3, -0.25) is 10.1 Å². The highest BCUT2D eigenvalue weighted by atomic mass is 19.4. The maximum absolute atomic E-state index is 12.6. The van der Waals surface area contributed by atoms with Gasteiger partial charge in [0.05, 0.1) is 11.5 Å². The van der Waals surface area contributed by atoms with E-state index in [1.165, 1.54) is 6.92 Å². The van der Waals surface area contributed by atoms with Crippen LogP contribution < -0.4 is 4.74 Å². The lowest BCUT2D eigenvalue weighted by Gasteiger charge is -2.14. The second-order valence-electron chi connectivity index (χ2n) is 3.00. The maximum Gasteiger partial charge on any atom is 0.423 e. The number of nitro groups is 1.